The van der Waals surface area contributed by atoms with Crippen molar-refractivity contribution in [3.05, 3.63) is 65.7 Å². The first-order valence-corrected chi connectivity index (χ1v) is 6.63. The molecule has 6 heteroatoms. The highest BCUT2D eigenvalue weighted by atomic mass is 19.1. The van der Waals surface area contributed by atoms with Crippen molar-refractivity contribution in [1.82, 2.24) is 5.43 Å². The molecule has 0 aliphatic rings. The molecule has 0 heterocycles. The third-order valence-electron chi connectivity index (χ3n) is 2.91. The van der Waals surface area contributed by atoms with Crippen LogP contribution >= 0.6 is 0 Å². The van der Waals surface area contributed by atoms with Crippen LogP contribution in [0, 0.1) is 11.6 Å². The summed E-state index contributed by atoms with van der Waals surface area (Å²) in [6.07, 6.45) is 0. The molecule has 0 spiro atoms. The van der Waals surface area contributed by atoms with Crippen LogP contribution in [0.5, 0.6) is 0 Å². The summed E-state index contributed by atoms with van der Waals surface area (Å²) < 4.78 is 25.5. The third kappa shape index (κ3) is 4.66. The number of hydrazone groups is 1. The first-order chi connectivity index (χ1) is 10.5. The highest BCUT2D eigenvalue weighted by Gasteiger charge is 2.02. The van der Waals surface area contributed by atoms with Crippen molar-refractivity contribution < 1.29 is 13.6 Å². The Hall–Kier alpha value is -2.76. The minimum atomic E-state index is -0.342. The fourth-order valence-electron chi connectivity index (χ4n) is 1.69. The van der Waals surface area contributed by atoms with Crippen LogP contribution in [-0.4, -0.2) is 18.2 Å². The maximum absolute atomic E-state index is 12.8. The fourth-order valence-corrected chi connectivity index (χ4v) is 1.69. The summed E-state index contributed by atoms with van der Waals surface area (Å²) in [6.45, 7) is 1.72. The van der Waals surface area contributed by atoms with Gasteiger partial charge in [0.1, 0.15) is 11.6 Å². The van der Waals surface area contributed by atoms with Gasteiger partial charge in [0.15, 0.2) is 0 Å². The van der Waals surface area contributed by atoms with Gasteiger partial charge in [-0.05, 0) is 48.9 Å². The number of carbonyl (C=O) groups is 1. The molecule has 0 aliphatic carbocycles. The lowest BCUT2D eigenvalue weighted by atomic mass is 10.1. The highest BCUT2D eigenvalue weighted by Crippen LogP contribution is 2.07. The van der Waals surface area contributed by atoms with E-state index in [1.807, 2.05) is 0 Å². The standard InChI is InChI=1S/C16H15F2N3O/c1-11(12-2-4-13(17)5-3-12)20-21-16(22)10-19-15-8-6-14(18)7-9-15/h2-9,19H,10H2,1H3,(H,21,22)/b20-11+. The van der Waals surface area contributed by atoms with Crippen LogP contribution in [0.3, 0.4) is 0 Å². The lowest BCUT2D eigenvalue weighted by molar-refractivity contribution is -0.119. The zero-order valence-electron chi connectivity index (χ0n) is 11.9. The summed E-state index contributed by atoms with van der Waals surface area (Å²) in [5, 5.41) is 6.79. The predicted molar refractivity (Wildman–Crippen MR) is 81.6 cm³/mol. The van der Waals surface area contributed by atoms with Gasteiger partial charge in [-0.1, -0.05) is 12.1 Å². The van der Waals surface area contributed by atoms with Gasteiger partial charge in [-0.2, -0.15) is 5.10 Å². The number of nitrogens with one attached hydrogen (secondary N) is 2. The molecule has 0 atom stereocenters. The van der Waals surface area contributed by atoms with Gasteiger partial charge in [0.2, 0.25) is 0 Å². The number of hydrogen-bond acceptors (Lipinski definition) is 3. The molecule has 0 saturated heterocycles. The Bertz CT molecular complexity index is 667. The molecule has 114 valence electrons. The topological polar surface area (TPSA) is 53.5 Å². The van der Waals surface area contributed by atoms with Crippen molar-refractivity contribution in [3.63, 3.8) is 0 Å². The second-order valence-electron chi connectivity index (χ2n) is 4.60. The molecule has 0 bridgehead atoms. The van der Waals surface area contributed by atoms with Crippen molar-refractivity contribution in [3.8, 4) is 0 Å². The second-order valence-corrected chi connectivity index (χ2v) is 4.60. The Labute approximate surface area is 126 Å². The van der Waals surface area contributed by atoms with Crippen molar-refractivity contribution in [2.75, 3.05) is 11.9 Å². The molecule has 0 aromatic heterocycles. The first-order valence-electron chi connectivity index (χ1n) is 6.63. The van der Waals surface area contributed by atoms with Gasteiger partial charge in [0.25, 0.3) is 5.91 Å². The van der Waals surface area contributed by atoms with Crippen LogP contribution < -0.4 is 10.7 Å². The van der Waals surface area contributed by atoms with Gasteiger partial charge in [-0.15, -0.1) is 0 Å². The zero-order chi connectivity index (χ0) is 15.9. The molecule has 22 heavy (non-hydrogen) atoms. The van der Waals surface area contributed by atoms with Crippen LogP contribution in [0.1, 0.15) is 12.5 Å². The van der Waals surface area contributed by atoms with Gasteiger partial charge < -0.3 is 5.32 Å². The van der Waals surface area contributed by atoms with Crippen LogP contribution in [0.15, 0.2) is 53.6 Å². The number of hydrogen-bond donors (Lipinski definition) is 2. The summed E-state index contributed by atoms with van der Waals surface area (Å²) in [5.41, 5.74) is 4.31. The summed E-state index contributed by atoms with van der Waals surface area (Å²) in [6, 6.07) is 11.5. The van der Waals surface area contributed by atoms with Gasteiger partial charge in [-0.25, -0.2) is 14.2 Å². The maximum atomic E-state index is 12.8. The van der Waals surface area contributed by atoms with Crippen molar-refractivity contribution >= 4 is 17.3 Å². The number of carbonyl (C=O) groups excluding carboxylic acids is 1. The van der Waals surface area contributed by atoms with E-state index in [0.29, 0.717) is 17.0 Å². The normalized spacial score (nSPS) is 11.1. The van der Waals surface area contributed by atoms with E-state index in [1.165, 1.54) is 36.4 Å². The van der Waals surface area contributed by atoms with Gasteiger partial charge in [0.05, 0.1) is 12.3 Å². The number of benzene rings is 2. The predicted octanol–water partition coefficient (Wildman–Crippen LogP) is 2.92. The Morgan fingerprint density at radius 1 is 1.00 bits per heavy atom. The number of anilines is 1. The Morgan fingerprint density at radius 2 is 1.55 bits per heavy atom. The van der Waals surface area contributed by atoms with E-state index in [1.54, 1.807) is 19.1 Å². The molecule has 1 amide bonds. The molecule has 2 rings (SSSR count). The Morgan fingerprint density at radius 3 is 2.14 bits per heavy atom. The third-order valence-corrected chi connectivity index (χ3v) is 2.91. The Balaban J connectivity index is 1.85. The largest absolute Gasteiger partial charge is 0.376 e. The van der Waals surface area contributed by atoms with Crippen molar-refractivity contribution in [2.24, 2.45) is 5.10 Å². The molecular weight excluding hydrogens is 288 g/mol. The minimum absolute atomic E-state index is 0.00578. The van der Waals surface area contributed by atoms with Crippen LogP contribution in [0.4, 0.5) is 14.5 Å². The summed E-state index contributed by atoms with van der Waals surface area (Å²) in [7, 11) is 0. The lowest BCUT2D eigenvalue weighted by Gasteiger charge is -2.06. The lowest BCUT2D eigenvalue weighted by Crippen LogP contribution is -2.26. The average molecular weight is 303 g/mol. The van der Waals surface area contributed by atoms with Gasteiger partial charge >= 0.3 is 0 Å². The van der Waals surface area contributed by atoms with E-state index >= 15 is 0 Å². The van der Waals surface area contributed by atoms with E-state index in [-0.39, 0.29) is 24.1 Å². The van der Waals surface area contributed by atoms with Crippen LogP contribution in [0.2, 0.25) is 0 Å². The van der Waals surface area contributed by atoms with Crippen LogP contribution in [-0.2, 0) is 4.79 Å². The second kappa shape index (κ2) is 7.31. The number of rotatable bonds is 5. The van der Waals surface area contributed by atoms with Crippen molar-refractivity contribution in [2.45, 2.75) is 6.92 Å². The quantitative estimate of drug-likeness (QED) is 0.659. The van der Waals surface area contributed by atoms with Crippen molar-refractivity contribution in [1.29, 1.82) is 0 Å². The zero-order valence-corrected chi connectivity index (χ0v) is 11.9. The molecule has 2 aromatic rings. The molecule has 0 radical (unpaired) electrons. The van der Waals surface area contributed by atoms with E-state index in [2.05, 4.69) is 15.8 Å². The van der Waals surface area contributed by atoms with E-state index in [9.17, 15) is 13.6 Å². The minimum Gasteiger partial charge on any atom is -0.376 e. The van der Waals surface area contributed by atoms with E-state index < -0.39 is 0 Å². The summed E-state index contributed by atoms with van der Waals surface area (Å²) in [5.74, 6) is -1.01. The molecule has 2 N–H and O–H groups in total. The van der Waals surface area contributed by atoms with E-state index in [4.69, 9.17) is 0 Å². The van der Waals surface area contributed by atoms with E-state index in [0.717, 1.165) is 0 Å². The number of nitrogens with zero attached hydrogens (tertiary/aromatic N) is 1. The van der Waals surface area contributed by atoms with Crippen LogP contribution in [0.25, 0.3) is 0 Å². The summed E-state index contributed by atoms with van der Waals surface area (Å²) >= 11 is 0. The average Bonchev–Trinajstić information content (AvgIpc) is 2.52. The molecule has 0 unspecified atom stereocenters. The smallest absolute Gasteiger partial charge is 0.259 e. The maximum Gasteiger partial charge on any atom is 0.259 e. The highest BCUT2D eigenvalue weighted by molar-refractivity contribution is 5.99. The molecule has 0 fully saturated rings. The monoisotopic (exact) mass is 303 g/mol. The molecular formula is C16H15F2N3O. The molecule has 0 aliphatic heterocycles. The number of halogens is 2. The first kappa shape index (κ1) is 15.6. The SMILES string of the molecule is C/C(=N\NC(=O)CNc1ccc(F)cc1)c1ccc(F)cc1. The number of amides is 1. The molecule has 2 aromatic carbocycles. The van der Waals surface area contributed by atoms with Gasteiger partial charge in [0, 0.05) is 5.69 Å². The molecule has 0 saturated carbocycles. The van der Waals surface area contributed by atoms with Gasteiger partial charge in [-0.3, -0.25) is 4.79 Å². The Kier molecular flexibility index (Phi) is 5.19. The molecule has 4 nitrogen and oxygen atoms in total. The summed E-state index contributed by atoms with van der Waals surface area (Å²) in [4.78, 5) is 11.7. The fraction of sp³-hybridized carbons (Fsp3) is 0.125.